The zero-order valence-corrected chi connectivity index (χ0v) is 9.78. The van der Waals surface area contributed by atoms with Crippen LogP contribution >= 0.6 is 0 Å². The standard InChI is InChI=1S/C15H18O/c1-16-13-8-9-15-12(10-13)7-6-11-4-2-3-5-14(11)15/h6-11,14H,2-5H2,1H3. The summed E-state index contributed by atoms with van der Waals surface area (Å²) in [6.07, 6.45) is 10.2. The van der Waals surface area contributed by atoms with E-state index in [1.54, 1.807) is 7.11 Å². The monoisotopic (exact) mass is 214 g/mol. The van der Waals surface area contributed by atoms with Crippen molar-refractivity contribution in [2.75, 3.05) is 7.11 Å². The molecule has 2 aliphatic rings. The Morgan fingerprint density at radius 1 is 1.19 bits per heavy atom. The Morgan fingerprint density at radius 3 is 2.94 bits per heavy atom. The molecule has 1 aromatic carbocycles. The fourth-order valence-electron chi connectivity index (χ4n) is 3.17. The van der Waals surface area contributed by atoms with Crippen molar-refractivity contribution in [2.45, 2.75) is 31.6 Å². The highest BCUT2D eigenvalue weighted by Crippen LogP contribution is 2.43. The molecule has 0 saturated heterocycles. The fraction of sp³-hybridized carbons (Fsp3) is 0.467. The van der Waals surface area contributed by atoms with Crippen molar-refractivity contribution in [3.63, 3.8) is 0 Å². The maximum atomic E-state index is 5.28. The smallest absolute Gasteiger partial charge is 0.119 e. The van der Waals surface area contributed by atoms with Crippen molar-refractivity contribution in [1.29, 1.82) is 0 Å². The molecule has 0 bridgehead atoms. The van der Waals surface area contributed by atoms with Crippen molar-refractivity contribution >= 4 is 6.08 Å². The van der Waals surface area contributed by atoms with Crippen LogP contribution < -0.4 is 4.74 Å². The summed E-state index contributed by atoms with van der Waals surface area (Å²) in [6, 6.07) is 6.53. The molecule has 0 heterocycles. The summed E-state index contributed by atoms with van der Waals surface area (Å²) in [7, 11) is 1.73. The first-order valence-corrected chi connectivity index (χ1v) is 6.24. The molecule has 84 valence electrons. The average Bonchev–Trinajstić information content (AvgIpc) is 2.38. The van der Waals surface area contributed by atoms with Gasteiger partial charge in [0.15, 0.2) is 0 Å². The highest BCUT2D eigenvalue weighted by molar-refractivity contribution is 5.60. The van der Waals surface area contributed by atoms with Crippen molar-refractivity contribution in [3.05, 3.63) is 35.4 Å². The van der Waals surface area contributed by atoms with E-state index in [-0.39, 0.29) is 0 Å². The maximum Gasteiger partial charge on any atom is 0.119 e. The van der Waals surface area contributed by atoms with Crippen LogP contribution in [0.1, 0.15) is 42.7 Å². The average molecular weight is 214 g/mol. The van der Waals surface area contributed by atoms with Gasteiger partial charge >= 0.3 is 0 Å². The third-order valence-electron chi connectivity index (χ3n) is 4.04. The molecule has 0 radical (unpaired) electrons. The lowest BCUT2D eigenvalue weighted by atomic mass is 9.71. The fourth-order valence-corrected chi connectivity index (χ4v) is 3.17. The van der Waals surface area contributed by atoms with Gasteiger partial charge in [-0.3, -0.25) is 0 Å². The first kappa shape index (κ1) is 9.95. The lowest BCUT2D eigenvalue weighted by Gasteiger charge is -2.33. The molecule has 0 aromatic heterocycles. The molecule has 2 unspecified atom stereocenters. The molecule has 0 N–H and O–H groups in total. The second kappa shape index (κ2) is 3.97. The first-order chi connectivity index (χ1) is 7.88. The van der Waals surface area contributed by atoms with Gasteiger partial charge < -0.3 is 4.74 Å². The lowest BCUT2D eigenvalue weighted by Crippen LogP contribution is -2.19. The van der Waals surface area contributed by atoms with Gasteiger partial charge in [0.2, 0.25) is 0 Å². The third kappa shape index (κ3) is 1.55. The van der Waals surface area contributed by atoms with Crippen molar-refractivity contribution < 1.29 is 4.74 Å². The van der Waals surface area contributed by atoms with Gasteiger partial charge in [0.05, 0.1) is 7.11 Å². The van der Waals surface area contributed by atoms with Crippen LogP contribution in [-0.2, 0) is 0 Å². The molecule has 0 amide bonds. The van der Waals surface area contributed by atoms with Crippen LogP contribution in [0.5, 0.6) is 5.75 Å². The molecule has 2 aliphatic carbocycles. The number of fused-ring (bicyclic) bond motifs is 3. The second-order valence-electron chi connectivity index (χ2n) is 4.91. The quantitative estimate of drug-likeness (QED) is 0.686. The van der Waals surface area contributed by atoms with Crippen LogP contribution in [0.15, 0.2) is 24.3 Å². The van der Waals surface area contributed by atoms with Crippen LogP contribution in [0.3, 0.4) is 0 Å². The lowest BCUT2D eigenvalue weighted by molar-refractivity contribution is 0.359. The van der Waals surface area contributed by atoms with Gasteiger partial charge in [0.25, 0.3) is 0 Å². The van der Waals surface area contributed by atoms with E-state index in [1.807, 2.05) is 0 Å². The van der Waals surface area contributed by atoms with E-state index in [0.717, 1.165) is 17.6 Å². The summed E-state index contributed by atoms with van der Waals surface area (Å²) >= 11 is 0. The molecule has 1 aromatic rings. The molecule has 3 rings (SSSR count). The molecule has 1 fully saturated rings. The normalized spacial score (nSPS) is 27.1. The van der Waals surface area contributed by atoms with Gasteiger partial charge in [0, 0.05) is 0 Å². The van der Waals surface area contributed by atoms with Crippen LogP contribution in [0.2, 0.25) is 0 Å². The van der Waals surface area contributed by atoms with E-state index in [9.17, 15) is 0 Å². The highest BCUT2D eigenvalue weighted by Gasteiger charge is 2.28. The minimum Gasteiger partial charge on any atom is -0.497 e. The molecule has 0 aliphatic heterocycles. The number of rotatable bonds is 1. The molecule has 1 nitrogen and oxygen atoms in total. The Hall–Kier alpha value is -1.24. The Kier molecular flexibility index (Phi) is 2.47. The molecule has 1 saturated carbocycles. The molecule has 1 heteroatoms. The van der Waals surface area contributed by atoms with Crippen molar-refractivity contribution in [2.24, 2.45) is 5.92 Å². The summed E-state index contributed by atoms with van der Waals surface area (Å²) < 4.78 is 5.28. The minimum absolute atomic E-state index is 0.764. The van der Waals surface area contributed by atoms with Crippen LogP contribution in [0.25, 0.3) is 6.08 Å². The van der Waals surface area contributed by atoms with E-state index in [1.165, 1.54) is 36.8 Å². The Labute approximate surface area is 97.1 Å². The van der Waals surface area contributed by atoms with Crippen LogP contribution in [-0.4, -0.2) is 7.11 Å². The predicted octanol–water partition coefficient (Wildman–Crippen LogP) is 4.00. The molecular formula is C15H18O. The number of ether oxygens (including phenoxy) is 1. The summed E-state index contributed by atoms with van der Waals surface area (Å²) in [4.78, 5) is 0. The maximum absolute atomic E-state index is 5.28. The van der Waals surface area contributed by atoms with Crippen LogP contribution in [0, 0.1) is 5.92 Å². The number of hydrogen-bond acceptors (Lipinski definition) is 1. The number of hydrogen-bond donors (Lipinski definition) is 0. The van der Waals surface area contributed by atoms with Gasteiger partial charge in [-0.25, -0.2) is 0 Å². The Morgan fingerprint density at radius 2 is 2.06 bits per heavy atom. The molecular weight excluding hydrogens is 196 g/mol. The summed E-state index contributed by atoms with van der Waals surface area (Å²) in [5.41, 5.74) is 2.90. The number of methoxy groups -OCH3 is 1. The molecule has 16 heavy (non-hydrogen) atoms. The number of allylic oxidation sites excluding steroid dienone is 1. The highest BCUT2D eigenvalue weighted by atomic mass is 16.5. The largest absolute Gasteiger partial charge is 0.497 e. The van der Waals surface area contributed by atoms with Gasteiger partial charge in [-0.15, -0.1) is 0 Å². The zero-order valence-electron chi connectivity index (χ0n) is 9.78. The van der Waals surface area contributed by atoms with E-state index in [0.29, 0.717) is 0 Å². The van der Waals surface area contributed by atoms with Gasteiger partial charge in [-0.05, 0) is 47.9 Å². The number of benzene rings is 1. The SMILES string of the molecule is COc1ccc2c(c1)C=CC1CCCCC21. The Balaban J connectivity index is 2.01. The van der Waals surface area contributed by atoms with Gasteiger partial charge in [-0.1, -0.05) is 31.1 Å². The van der Waals surface area contributed by atoms with Crippen molar-refractivity contribution in [3.8, 4) is 5.75 Å². The summed E-state index contributed by atoms with van der Waals surface area (Å²) in [5, 5.41) is 0. The third-order valence-corrected chi connectivity index (χ3v) is 4.04. The van der Waals surface area contributed by atoms with Gasteiger partial charge in [-0.2, -0.15) is 0 Å². The van der Waals surface area contributed by atoms with E-state index >= 15 is 0 Å². The van der Waals surface area contributed by atoms with E-state index in [2.05, 4.69) is 30.4 Å². The summed E-state index contributed by atoms with van der Waals surface area (Å²) in [5.74, 6) is 2.52. The summed E-state index contributed by atoms with van der Waals surface area (Å²) in [6.45, 7) is 0. The van der Waals surface area contributed by atoms with E-state index < -0.39 is 0 Å². The zero-order chi connectivity index (χ0) is 11.0. The molecule has 0 spiro atoms. The topological polar surface area (TPSA) is 9.23 Å². The van der Waals surface area contributed by atoms with E-state index in [4.69, 9.17) is 4.74 Å². The molecule has 2 atom stereocenters. The first-order valence-electron chi connectivity index (χ1n) is 6.24. The predicted molar refractivity (Wildman–Crippen MR) is 66.7 cm³/mol. The second-order valence-corrected chi connectivity index (χ2v) is 4.91. The van der Waals surface area contributed by atoms with Crippen molar-refractivity contribution in [1.82, 2.24) is 0 Å². The minimum atomic E-state index is 0.764. The van der Waals surface area contributed by atoms with Gasteiger partial charge in [0.1, 0.15) is 5.75 Å². The van der Waals surface area contributed by atoms with Crippen LogP contribution in [0.4, 0.5) is 0 Å². The Bertz CT molecular complexity index is 419.